The molecule has 0 aliphatic rings. The number of carbonyl (C=O) groups excluding carboxylic acids is 1. The number of nitrogens with one attached hydrogen (secondary N) is 1. The molecule has 0 bridgehead atoms. The minimum atomic E-state index is -0.271. The maximum Gasteiger partial charge on any atom is 0.271 e. The van der Waals surface area contributed by atoms with Crippen molar-refractivity contribution >= 4 is 58.7 Å². The number of rotatable bonds is 7. The number of hydrogen-bond acceptors (Lipinski definition) is 3. The van der Waals surface area contributed by atoms with E-state index in [1.807, 2.05) is 66.9 Å². The van der Waals surface area contributed by atoms with Gasteiger partial charge in [-0.2, -0.15) is 5.10 Å². The van der Waals surface area contributed by atoms with Gasteiger partial charge in [0.25, 0.3) is 5.91 Å². The Morgan fingerprint density at radius 1 is 0.943 bits per heavy atom. The van der Waals surface area contributed by atoms with Crippen molar-refractivity contribution in [1.82, 2.24) is 9.99 Å². The Kier molecular flexibility index (Phi) is 8.24. The lowest BCUT2D eigenvalue weighted by Gasteiger charge is -2.11. The van der Waals surface area contributed by atoms with Gasteiger partial charge in [0.2, 0.25) is 0 Å². The van der Waals surface area contributed by atoms with E-state index in [0.29, 0.717) is 15.6 Å². The van der Waals surface area contributed by atoms with Crippen molar-refractivity contribution in [2.75, 3.05) is 0 Å². The van der Waals surface area contributed by atoms with Crippen molar-refractivity contribution < 1.29 is 4.79 Å². The van der Waals surface area contributed by atoms with E-state index in [1.165, 1.54) is 0 Å². The number of hydrazone groups is 1. The van der Waals surface area contributed by atoms with Gasteiger partial charge in [0.15, 0.2) is 0 Å². The highest BCUT2D eigenvalue weighted by atomic mass is 35.5. The average Bonchev–Trinajstić information content (AvgIpc) is 3.12. The Morgan fingerprint density at radius 2 is 1.63 bits per heavy atom. The Hall–Kier alpha value is -2.70. The van der Waals surface area contributed by atoms with Crippen LogP contribution in [0.1, 0.15) is 32.9 Å². The molecule has 4 aromatic rings. The van der Waals surface area contributed by atoms with E-state index < -0.39 is 0 Å². The molecule has 0 saturated carbocycles. The number of carbonyl (C=O) groups is 1. The zero-order valence-electron chi connectivity index (χ0n) is 19.1. The van der Waals surface area contributed by atoms with Gasteiger partial charge in [0.1, 0.15) is 0 Å². The summed E-state index contributed by atoms with van der Waals surface area (Å²) in [4.78, 5) is 13.7. The van der Waals surface area contributed by atoms with Crippen LogP contribution in [0.25, 0.3) is 5.69 Å². The van der Waals surface area contributed by atoms with Crippen LogP contribution in [0, 0.1) is 13.8 Å². The number of aromatic nitrogens is 1. The number of nitrogens with zero attached hydrogens (tertiary/aromatic N) is 2. The second-order valence-electron chi connectivity index (χ2n) is 7.90. The fraction of sp³-hybridized carbons (Fsp3) is 0.111. The van der Waals surface area contributed by atoms with Gasteiger partial charge in [-0.1, -0.05) is 46.9 Å². The van der Waals surface area contributed by atoms with E-state index in [9.17, 15) is 4.79 Å². The molecule has 1 N–H and O–H groups in total. The summed E-state index contributed by atoms with van der Waals surface area (Å²) in [5.41, 5.74) is 7.93. The molecule has 1 aromatic heterocycles. The van der Waals surface area contributed by atoms with Crippen LogP contribution in [0.15, 0.2) is 82.8 Å². The van der Waals surface area contributed by atoms with Gasteiger partial charge in [0, 0.05) is 43.2 Å². The number of hydrogen-bond donors (Lipinski definition) is 1. The first kappa shape index (κ1) is 25.4. The molecule has 1 amide bonds. The first-order valence-corrected chi connectivity index (χ1v) is 12.9. The quantitative estimate of drug-likeness (QED) is 0.146. The van der Waals surface area contributed by atoms with Crippen LogP contribution in [-0.2, 0) is 5.75 Å². The van der Waals surface area contributed by atoms with Crippen LogP contribution in [0.4, 0.5) is 0 Å². The zero-order chi connectivity index (χ0) is 24.9. The van der Waals surface area contributed by atoms with Crippen LogP contribution >= 0.6 is 46.6 Å². The molecule has 4 rings (SSSR count). The third kappa shape index (κ3) is 6.30. The van der Waals surface area contributed by atoms with Crippen LogP contribution in [0.3, 0.4) is 0 Å². The largest absolute Gasteiger partial charge is 0.316 e. The Morgan fingerprint density at radius 3 is 2.31 bits per heavy atom. The topological polar surface area (TPSA) is 46.4 Å². The number of thioether (sulfide) groups is 1. The Bertz CT molecular complexity index is 1380. The lowest BCUT2D eigenvalue weighted by atomic mass is 10.1. The van der Waals surface area contributed by atoms with Crippen molar-refractivity contribution in [3.8, 4) is 5.69 Å². The molecule has 35 heavy (non-hydrogen) atoms. The lowest BCUT2D eigenvalue weighted by Crippen LogP contribution is -2.17. The molecule has 0 unspecified atom stereocenters. The van der Waals surface area contributed by atoms with E-state index in [1.54, 1.807) is 42.2 Å². The smallest absolute Gasteiger partial charge is 0.271 e. The molecule has 0 saturated heterocycles. The summed E-state index contributed by atoms with van der Waals surface area (Å²) in [6.07, 6.45) is 1.64. The summed E-state index contributed by atoms with van der Waals surface area (Å²) in [5.74, 6) is 0.530. The summed E-state index contributed by atoms with van der Waals surface area (Å²) >= 11 is 20.1. The van der Waals surface area contributed by atoms with Crippen molar-refractivity contribution in [3.05, 3.63) is 116 Å². The second-order valence-corrected chi connectivity index (χ2v) is 10.2. The lowest BCUT2D eigenvalue weighted by molar-refractivity contribution is 0.0955. The molecule has 1 heterocycles. The number of aryl methyl sites for hydroxylation is 1. The number of benzene rings is 3. The number of halogens is 3. The van der Waals surface area contributed by atoms with E-state index in [-0.39, 0.29) is 5.91 Å². The van der Waals surface area contributed by atoms with Gasteiger partial charge < -0.3 is 4.57 Å². The fourth-order valence-electron chi connectivity index (χ4n) is 3.63. The highest BCUT2D eigenvalue weighted by Gasteiger charge is 2.13. The molecule has 0 aliphatic heterocycles. The minimum Gasteiger partial charge on any atom is -0.316 e. The van der Waals surface area contributed by atoms with Crippen molar-refractivity contribution in [2.45, 2.75) is 24.5 Å². The summed E-state index contributed by atoms with van der Waals surface area (Å²) in [6, 6.07) is 22.6. The van der Waals surface area contributed by atoms with E-state index >= 15 is 0 Å². The molecule has 3 aromatic carbocycles. The Labute approximate surface area is 223 Å². The summed E-state index contributed by atoms with van der Waals surface area (Å²) in [6.45, 7) is 3.96. The molecular formula is C27H22Cl3N3OS. The SMILES string of the molecule is Cc1cc(/C=N\NC(=O)c2ccc(CSc3ccc(Cl)cc3)cc2)c(C)n1-c1ccc(Cl)cc1Cl. The van der Waals surface area contributed by atoms with Crippen LogP contribution in [0.2, 0.25) is 15.1 Å². The molecule has 0 spiro atoms. The molecule has 0 aliphatic carbocycles. The van der Waals surface area contributed by atoms with Gasteiger partial charge in [-0.05, 0) is 80.1 Å². The first-order valence-electron chi connectivity index (χ1n) is 10.8. The average molecular weight is 543 g/mol. The van der Waals surface area contributed by atoms with E-state index in [0.717, 1.165) is 43.9 Å². The third-order valence-corrected chi connectivity index (χ3v) is 7.30. The zero-order valence-corrected chi connectivity index (χ0v) is 22.1. The molecule has 0 radical (unpaired) electrons. The van der Waals surface area contributed by atoms with Crippen molar-refractivity contribution in [1.29, 1.82) is 0 Å². The molecule has 4 nitrogen and oxygen atoms in total. The fourth-order valence-corrected chi connectivity index (χ4v) is 5.10. The van der Waals surface area contributed by atoms with E-state index in [4.69, 9.17) is 34.8 Å². The molecular weight excluding hydrogens is 521 g/mol. The second kappa shape index (κ2) is 11.4. The maximum atomic E-state index is 12.5. The van der Waals surface area contributed by atoms with Crippen LogP contribution in [0.5, 0.6) is 0 Å². The predicted octanol–water partition coefficient (Wildman–Crippen LogP) is 8.11. The first-order chi connectivity index (χ1) is 16.8. The van der Waals surface area contributed by atoms with Gasteiger partial charge >= 0.3 is 0 Å². The van der Waals surface area contributed by atoms with Gasteiger partial charge in [-0.3, -0.25) is 4.79 Å². The maximum absolute atomic E-state index is 12.5. The summed E-state index contributed by atoms with van der Waals surface area (Å²) in [7, 11) is 0. The molecule has 0 atom stereocenters. The Balaban J connectivity index is 1.38. The summed E-state index contributed by atoms with van der Waals surface area (Å²) in [5, 5.41) is 6.03. The molecule has 178 valence electrons. The van der Waals surface area contributed by atoms with Crippen molar-refractivity contribution in [2.24, 2.45) is 5.10 Å². The standard InChI is InChI=1S/C27H22Cl3N3OS/c1-17-13-21(18(2)33(17)26-12-9-23(29)14-25(26)30)15-31-32-27(34)20-5-3-19(4-6-20)16-35-24-10-7-22(28)8-11-24/h3-15H,16H2,1-2H3,(H,32,34)/b31-15-. The number of amides is 1. The normalized spacial score (nSPS) is 11.2. The van der Waals surface area contributed by atoms with E-state index in [2.05, 4.69) is 10.5 Å². The molecule has 8 heteroatoms. The highest BCUT2D eigenvalue weighted by Crippen LogP contribution is 2.28. The molecule has 0 fully saturated rings. The summed E-state index contributed by atoms with van der Waals surface area (Å²) < 4.78 is 2.03. The third-order valence-electron chi connectivity index (χ3n) is 5.43. The van der Waals surface area contributed by atoms with Gasteiger partial charge in [0.05, 0.1) is 16.9 Å². The predicted molar refractivity (Wildman–Crippen MR) is 148 cm³/mol. The van der Waals surface area contributed by atoms with Crippen LogP contribution in [-0.4, -0.2) is 16.7 Å². The van der Waals surface area contributed by atoms with Crippen molar-refractivity contribution in [3.63, 3.8) is 0 Å². The minimum absolute atomic E-state index is 0.271. The monoisotopic (exact) mass is 541 g/mol. The van der Waals surface area contributed by atoms with Gasteiger partial charge in [-0.25, -0.2) is 5.43 Å². The highest BCUT2D eigenvalue weighted by molar-refractivity contribution is 7.98. The van der Waals surface area contributed by atoms with Crippen LogP contribution < -0.4 is 5.43 Å². The van der Waals surface area contributed by atoms with Gasteiger partial charge in [-0.15, -0.1) is 11.8 Å².